The van der Waals surface area contributed by atoms with E-state index in [1.807, 2.05) is 0 Å². The van der Waals surface area contributed by atoms with Crippen molar-refractivity contribution in [2.24, 2.45) is 5.92 Å². The summed E-state index contributed by atoms with van der Waals surface area (Å²) in [6.07, 6.45) is -0.439. The summed E-state index contributed by atoms with van der Waals surface area (Å²) in [5.74, 6) is -2.22. The summed E-state index contributed by atoms with van der Waals surface area (Å²) in [6, 6.07) is 5.16. The summed E-state index contributed by atoms with van der Waals surface area (Å²) >= 11 is 0. The highest BCUT2D eigenvalue weighted by Gasteiger charge is 2.39. The van der Waals surface area contributed by atoms with Crippen LogP contribution in [0.3, 0.4) is 0 Å². The molecule has 1 aliphatic rings. The minimum Gasteiger partial charge on any atom is -0.444 e. The molecule has 6 heteroatoms. The van der Waals surface area contributed by atoms with Gasteiger partial charge in [-0.25, -0.2) is 13.6 Å². The van der Waals surface area contributed by atoms with Gasteiger partial charge in [-0.3, -0.25) is 0 Å². The van der Waals surface area contributed by atoms with Gasteiger partial charge in [0.25, 0.3) is 0 Å². The Kier molecular flexibility index (Phi) is 4.36. The van der Waals surface area contributed by atoms with Crippen molar-refractivity contribution in [3.63, 3.8) is 0 Å². The lowest BCUT2D eigenvalue weighted by Gasteiger charge is -2.41. The van der Waals surface area contributed by atoms with Gasteiger partial charge in [-0.1, -0.05) is 0 Å². The molecule has 0 aliphatic carbocycles. The molecule has 1 amide bonds. The first-order valence-electron chi connectivity index (χ1n) is 7.03. The van der Waals surface area contributed by atoms with E-state index < -0.39 is 29.2 Å². The zero-order chi connectivity index (χ0) is 16.5. The van der Waals surface area contributed by atoms with E-state index in [0.717, 1.165) is 18.2 Å². The fraction of sp³-hybridized carbons (Fsp3) is 0.500. The van der Waals surface area contributed by atoms with Gasteiger partial charge in [0, 0.05) is 25.1 Å². The summed E-state index contributed by atoms with van der Waals surface area (Å²) < 4.78 is 31.8. The molecule has 22 heavy (non-hydrogen) atoms. The molecule has 0 N–H and O–H groups in total. The third-order valence-electron chi connectivity index (χ3n) is 3.42. The van der Waals surface area contributed by atoms with Crippen molar-refractivity contribution in [3.8, 4) is 6.07 Å². The summed E-state index contributed by atoms with van der Waals surface area (Å²) in [7, 11) is 0. The normalized spacial score (nSPS) is 16.6. The third-order valence-corrected chi connectivity index (χ3v) is 3.42. The summed E-state index contributed by atoms with van der Waals surface area (Å²) in [5.41, 5.74) is -0.281. The molecule has 0 bridgehead atoms. The predicted octanol–water partition coefficient (Wildman–Crippen LogP) is 3.44. The van der Waals surface area contributed by atoms with E-state index in [1.54, 1.807) is 20.8 Å². The molecule has 1 saturated heterocycles. The van der Waals surface area contributed by atoms with Crippen molar-refractivity contribution < 1.29 is 18.3 Å². The Bertz CT molecular complexity index is 593. The molecular weight excluding hydrogens is 290 g/mol. The first kappa shape index (κ1) is 16.2. The Labute approximate surface area is 128 Å². The number of hydrogen-bond acceptors (Lipinski definition) is 3. The Balaban J connectivity index is 2.01. The van der Waals surface area contributed by atoms with Crippen molar-refractivity contribution in [1.29, 1.82) is 5.26 Å². The fourth-order valence-corrected chi connectivity index (χ4v) is 2.41. The van der Waals surface area contributed by atoms with Crippen molar-refractivity contribution in [2.45, 2.75) is 32.3 Å². The number of ether oxygens (including phenoxy) is 1. The number of benzene rings is 1. The van der Waals surface area contributed by atoms with E-state index in [2.05, 4.69) is 6.07 Å². The molecular formula is C16H18F2N2O2. The second-order valence-electron chi connectivity index (χ2n) is 6.45. The van der Waals surface area contributed by atoms with Gasteiger partial charge in [-0.15, -0.1) is 0 Å². The van der Waals surface area contributed by atoms with Gasteiger partial charge in [0.2, 0.25) is 0 Å². The Morgan fingerprint density at radius 3 is 2.32 bits per heavy atom. The Hall–Kier alpha value is -2.16. The summed E-state index contributed by atoms with van der Waals surface area (Å²) in [5, 5.41) is 9.28. The highest BCUT2D eigenvalue weighted by molar-refractivity contribution is 5.69. The van der Waals surface area contributed by atoms with Gasteiger partial charge in [0.05, 0.1) is 12.0 Å². The van der Waals surface area contributed by atoms with E-state index in [9.17, 15) is 18.8 Å². The molecule has 1 aromatic rings. The first-order valence-corrected chi connectivity index (χ1v) is 7.03. The van der Waals surface area contributed by atoms with Gasteiger partial charge in [0.1, 0.15) is 17.2 Å². The monoisotopic (exact) mass is 308 g/mol. The van der Waals surface area contributed by atoms with Crippen molar-refractivity contribution >= 4 is 6.09 Å². The van der Waals surface area contributed by atoms with E-state index in [1.165, 1.54) is 4.90 Å². The second-order valence-corrected chi connectivity index (χ2v) is 6.45. The highest BCUT2D eigenvalue weighted by atomic mass is 19.1. The minimum atomic E-state index is -0.710. The zero-order valence-electron chi connectivity index (χ0n) is 12.8. The average molecular weight is 308 g/mol. The number of rotatable bonds is 2. The molecule has 118 valence electrons. The molecule has 0 aromatic heterocycles. The van der Waals surface area contributed by atoms with E-state index >= 15 is 0 Å². The maximum Gasteiger partial charge on any atom is 0.410 e. The van der Waals surface area contributed by atoms with Crippen LogP contribution in [-0.4, -0.2) is 29.7 Å². The number of hydrogen-bond donors (Lipinski definition) is 0. The second kappa shape index (κ2) is 5.91. The average Bonchev–Trinajstić information content (AvgIpc) is 2.28. The van der Waals surface area contributed by atoms with Crippen LogP contribution in [0.5, 0.6) is 0 Å². The molecule has 4 nitrogen and oxygen atoms in total. The molecule has 1 unspecified atom stereocenters. The topological polar surface area (TPSA) is 53.3 Å². The molecule has 1 heterocycles. The number of amides is 1. The first-order chi connectivity index (χ1) is 10.2. The van der Waals surface area contributed by atoms with Crippen LogP contribution in [0, 0.1) is 28.9 Å². The van der Waals surface area contributed by atoms with Crippen LogP contribution in [0.1, 0.15) is 32.3 Å². The van der Waals surface area contributed by atoms with Gasteiger partial charge in [-0.2, -0.15) is 5.26 Å². The number of nitrogens with zero attached hydrogens (tertiary/aromatic N) is 2. The van der Waals surface area contributed by atoms with Crippen molar-refractivity contribution in [2.75, 3.05) is 13.1 Å². The molecule has 2 rings (SSSR count). The number of halogens is 2. The van der Waals surface area contributed by atoms with Crippen LogP contribution in [0.4, 0.5) is 13.6 Å². The number of carbonyl (C=O) groups is 1. The Morgan fingerprint density at radius 2 is 1.86 bits per heavy atom. The van der Waals surface area contributed by atoms with E-state index in [0.29, 0.717) is 18.7 Å². The van der Waals surface area contributed by atoms with Gasteiger partial charge in [0.15, 0.2) is 0 Å². The smallest absolute Gasteiger partial charge is 0.410 e. The fourth-order valence-electron chi connectivity index (χ4n) is 2.41. The molecule has 1 aliphatic heterocycles. The standard InChI is InChI=1S/C16H18F2N2O2/c1-16(2,3)22-15(21)20-8-11(9-20)14(7-19)10-4-12(17)6-13(18)5-10/h4-6,11,14H,8-9H2,1-3H3. The SMILES string of the molecule is CC(C)(C)OC(=O)N1CC(C(C#N)c2cc(F)cc(F)c2)C1. The lowest BCUT2D eigenvalue weighted by Crippen LogP contribution is -2.53. The predicted molar refractivity (Wildman–Crippen MR) is 76.0 cm³/mol. The van der Waals surface area contributed by atoms with Crippen LogP contribution in [0.25, 0.3) is 0 Å². The van der Waals surface area contributed by atoms with Gasteiger partial charge in [-0.05, 0) is 38.5 Å². The van der Waals surface area contributed by atoms with Crippen LogP contribution in [0.2, 0.25) is 0 Å². The highest BCUT2D eigenvalue weighted by Crippen LogP contribution is 2.33. The molecule has 0 radical (unpaired) electrons. The van der Waals surface area contributed by atoms with Crippen LogP contribution in [0.15, 0.2) is 18.2 Å². The van der Waals surface area contributed by atoms with Crippen molar-refractivity contribution in [1.82, 2.24) is 4.90 Å². The summed E-state index contributed by atoms with van der Waals surface area (Å²) in [6.45, 7) is 6.00. The summed E-state index contributed by atoms with van der Waals surface area (Å²) in [4.78, 5) is 13.3. The lowest BCUT2D eigenvalue weighted by molar-refractivity contribution is -0.00264. The Morgan fingerprint density at radius 1 is 1.32 bits per heavy atom. The third kappa shape index (κ3) is 3.73. The molecule has 1 aromatic carbocycles. The van der Waals surface area contributed by atoms with Gasteiger partial charge < -0.3 is 9.64 Å². The quantitative estimate of drug-likeness (QED) is 0.841. The van der Waals surface area contributed by atoms with Crippen LogP contribution in [-0.2, 0) is 4.74 Å². The number of nitriles is 1. The van der Waals surface area contributed by atoms with Crippen molar-refractivity contribution in [3.05, 3.63) is 35.4 Å². The van der Waals surface area contributed by atoms with E-state index in [4.69, 9.17) is 4.74 Å². The van der Waals surface area contributed by atoms with E-state index in [-0.39, 0.29) is 5.92 Å². The number of likely N-dealkylation sites (tertiary alicyclic amines) is 1. The van der Waals surface area contributed by atoms with Crippen LogP contribution < -0.4 is 0 Å². The molecule has 1 atom stereocenters. The lowest BCUT2D eigenvalue weighted by atomic mass is 9.82. The minimum absolute atomic E-state index is 0.154. The molecule has 0 saturated carbocycles. The maximum absolute atomic E-state index is 13.3. The zero-order valence-corrected chi connectivity index (χ0v) is 12.8. The largest absolute Gasteiger partial charge is 0.444 e. The maximum atomic E-state index is 13.3. The van der Waals surface area contributed by atoms with Crippen LogP contribution >= 0.6 is 0 Å². The molecule has 1 fully saturated rings. The molecule has 0 spiro atoms. The number of carbonyl (C=O) groups excluding carboxylic acids is 1. The van der Waals surface area contributed by atoms with Gasteiger partial charge >= 0.3 is 6.09 Å².